The Bertz CT molecular complexity index is 1150. The van der Waals surface area contributed by atoms with E-state index in [1.807, 2.05) is 25.2 Å². The number of anilines is 1. The van der Waals surface area contributed by atoms with Gasteiger partial charge in [0.25, 0.3) is 0 Å². The smallest absolute Gasteiger partial charge is 0.193 e. The molecule has 1 saturated carbocycles. The number of aromatic nitrogens is 1. The molecule has 1 fully saturated rings. The number of guanidine groups is 1. The number of aryl methyl sites for hydroxylation is 1. The van der Waals surface area contributed by atoms with E-state index in [2.05, 4.69) is 53.8 Å². The number of rotatable bonds is 7. The molecule has 4 atom stereocenters. The van der Waals surface area contributed by atoms with Crippen molar-refractivity contribution < 1.29 is 5.11 Å². The molecule has 0 bridgehead atoms. The number of hydrogen-bond donors (Lipinski definition) is 3. The fourth-order valence-electron chi connectivity index (χ4n) is 5.76. The van der Waals surface area contributed by atoms with E-state index in [9.17, 15) is 5.11 Å². The van der Waals surface area contributed by atoms with Crippen molar-refractivity contribution in [1.82, 2.24) is 9.88 Å². The average molecular weight is 458 g/mol. The van der Waals surface area contributed by atoms with Gasteiger partial charge in [-0.2, -0.15) is 0 Å². The maximum absolute atomic E-state index is 11.2. The number of hydrogen-bond acceptors (Lipinski definition) is 6. The van der Waals surface area contributed by atoms with Crippen molar-refractivity contribution in [1.29, 1.82) is 0 Å². The molecule has 1 aliphatic heterocycles. The summed E-state index contributed by atoms with van der Waals surface area (Å²) in [6.07, 6.45) is 6.31. The third-order valence-electron chi connectivity index (χ3n) is 7.61. The number of nitrogens with zero attached hydrogens (tertiary/aromatic N) is 3. The van der Waals surface area contributed by atoms with E-state index < -0.39 is 11.8 Å². The van der Waals surface area contributed by atoms with Gasteiger partial charge in [-0.25, -0.2) is 9.98 Å². The van der Waals surface area contributed by atoms with E-state index in [1.165, 1.54) is 5.56 Å². The number of nitrogens with one attached hydrogen (secondary N) is 1. The molecule has 0 radical (unpaired) electrons. The molecule has 0 amide bonds. The minimum absolute atomic E-state index is 0.371. The normalized spacial score (nSPS) is 27.1. The summed E-state index contributed by atoms with van der Waals surface area (Å²) in [6, 6.07) is 23.2. The van der Waals surface area contributed by atoms with Crippen molar-refractivity contribution in [2.75, 3.05) is 12.4 Å². The van der Waals surface area contributed by atoms with Gasteiger partial charge in [0.15, 0.2) is 12.2 Å². The largest absolute Gasteiger partial charge is 0.371 e. The Morgan fingerprint density at radius 3 is 2.65 bits per heavy atom. The van der Waals surface area contributed by atoms with Gasteiger partial charge in [0.2, 0.25) is 0 Å². The minimum Gasteiger partial charge on any atom is -0.371 e. The van der Waals surface area contributed by atoms with Crippen LogP contribution in [0.4, 0.5) is 5.82 Å². The van der Waals surface area contributed by atoms with Crippen LogP contribution < -0.4 is 11.1 Å². The molecule has 2 aliphatic rings. The van der Waals surface area contributed by atoms with E-state index in [4.69, 9.17) is 15.7 Å². The van der Waals surface area contributed by atoms with Gasteiger partial charge in [-0.3, -0.25) is 0 Å². The summed E-state index contributed by atoms with van der Waals surface area (Å²) in [5.74, 6) is 1.85. The van der Waals surface area contributed by atoms with Gasteiger partial charge in [0.05, 0.1) is 5.52 Å². The van der Waals surface area contributed by atoms with E-state index >= 15 is 0 Å². The standard InChI is InChI=1S/C28H35N5O/c1-33-26(34)28(32-27(33)29,17-16-20-8-3-2-4-9-20)19-21-10-7-12-23(18-21)30-25-15-14-22-11-5-6-13-24(22)31-25/h2-6,8-9,11,13-15,21,23,26,34H,7,10,12,16-19H2,1H3,(H2,29,32)(H,30,31)/t21-,23+,26?,28+/m0/s1. The number of pyridine rings is 1. The number of aliphatic hydroxyl groups is 1. The topological polar surface area (TPSA) is 86.8 Å². The predicted octanol–water partition coefficient (Wildman–Crippen LogP) is 4.55. The number of likely N-dealkylation sites (N-methyl/N-ethyl adjacent to an activating group) is 1. The molecule has 1 unspecified atom stereocenters. The number of benzene rings is 2. The molecule has 0 saturated heterocycles. The van der Waals surface area contributed by atoms with Crippen LogP contribution in [-0.4, -0.2) is 45.8 Å². The Balaban J connectivity index is 1.29. The fourth-order valence-corrected chi connectivity index (χ4v) is 5.76. The molecule has 6 nitrogen and oxygen atoms in total. The summed E-state index contributed by atoms with van der Waals surface area (Å²) in [5.41, 5.74) is 7.90. The molecule has 5 rings (SSSR count). The maximum Gasteiger partial charge on any atom is 0.193 e. The molecule has 0 spiro atoms. The van der Waals surface area contributed by atoms with Gasteiger partial charge in [-0.15, -0.1) is 0 Å². The van der Waals surface area contributed by atoms with E-state index in [0.717, 1.165) is 61.7 Å². The lowest BCUT2D eigenvalue weighted by Crippen LogP contribution is -2.48. The van der Waals surface area contributed by atoms with Crippen molar-refractivity contribution in [3.05, 3.63) is 72.3 Å². The van der Waals surface area contributed by atoms with Gasteiger partial charge < -0.3 is 21.1 Å². The van der Waals surface area contributed by atoms with Gasteiger partial charge in [-0.1, -0.05) is 61.4 Å². The SMILES string of the molecule is CN1C(N)=N[C@](CCc2ccccc2)(C[C@H]2CCC[C@@H](Nc3ccc4ccccc4n3)C2)C1O. The van der Waals surface area contributed by atoms with E-state index in [0.29, 0.717) is 17.9 Å². The number of fused-ring (bicyclic) bond motifs is 1. The van der Waals surface area contributed by atoms with Gasteiger partial charge in [0, 0.05) is 18.5 Å². The van der Waals surface area contributed by atoms with Gasteiger partial charge in [-0.05, 0) is 61.8 Å². The highest BCUT2D eigenvalue weighted by Crippen LogP contribution is 2.40. The molecule has 6 heteroatoms. The van der Waals surface area contributed by atoms with Gasteiger partial charge in [0.1, 0.15) is 11.4 Å². The first-order valence-electron chi connectivity index (χ1n) is 12.4. The van der Waals surface area contributed by atoms with Crippen LogP contribution in [0.3, 0.4) is 0 Å². The van der Waals surface area contributed by atoms with Crippen molar-refractivity contribution in [3.63, 3.8) is 0 Å². The lowest BCUT2D eigenvalue weighted by Gasteiger charge is -2.38. The zero-order valence-electron chi connectivity index (χ0n) is 19.9. The van der Waals surface area contributed by atoms with E-state index in [-0.39, 0.29) is 0 Å². The van der Waals surface area contributed by atoms with Crippen LogP contribution in [0.1, 0.15) is 44.1 Å². The highest BCUT2D eigenvalue weighted by molar-refractivity contribution is 5.81. The summed E-state index contributed by atoms with van der Waals surface area (Å²) >= 11 is 0. The van der Waals surface area contributed by atoms with Crippen LogP contribution in [0, 0.1) is 5.92 Å². The van der Waals surface area contributed by atoms with Crippen LogP contribution in [0.5, 0.6) is 0 Å². The first kappa shape index (κ1) is 22.7. The van der Waals surface area contributed by atoms with Crippen LogP contribution in [0.2, 0.25) is 0 Å². The Hall–Kier alpha value is -3.12. The molecule has 3 aromatic rings. The second-order valence-electron chi connectivity index (χ2n) is 10.0. The predicted molar refractivity (Wildman–Crippen MR) is 139 cm³/mol. The summed E-state index contributed by atoms with van der Waals surface area (Å²) in [5, 5.41) is 16.0. The summed E-state index contributed by atoms with van der Waals surface area (Å²) in [7, 11) is 1.84. The lowest BCUT2D eigenvalue weighted by molar-refractivity contribution is -0.000350. The van der Waals surface area contributed by atoms with Gasteiger partial charge >= 0.3 is 0 Å². The number of aliphatic hydroxyl groups excluding tert-OH is 1. The number of para-hydroxylation sites is 1. The monoisotopic (exact) mass is 457 g/mol. The quantitative estimate of drug-likeness (QED) is 0.485. The summed E-state index contributed by atoms with van der Waals surface area (Å²) < 4.78 is 0. The molecule has 178 valence electrons. The van der Waals surface area contributed by atoms with Crippen molar-refractivity contribution in [3.8, 4) is 0 Å². The molecule has 1 aromatic heterocycles. The van der Waals surface area contributed by atoms with E-state index in [1.54, 1.807) is 4.90 Å². The minimum atomic E-state index is -0.688. The maximum atomic E-state index is 11.2. The second kappa shape index (κ2) is 9.63. The zero-order chi connectivity index (χ0) is 23.5. The first-order valence-corrected chi connectivity index (χ1v) is 12.4. The molecule has 4 N–H and O–H groups in total. The molecular formula is C28H35N5O. The Morgan fingerprint density at radius 2 is 1.85 bits per heavy atom. The van der Waals surface area contributed by atoms with Crippen LogP contribution >= 0.6 is 0 Å². The van der Waals surface area contributed by atoms with Crippen molar-refractivity contribution >= 4 is 22.7 Å². The highest BCUT2D eigenvalue weighted by Gasteiger charge is 2.47. The molecule has 1 aliphatic carbocycles. The number of aliphatic imine (C=N–C) groups is 1. The Morgan fingerprint density at radius 1 is 1.06 bits per heavy atom. The fraction of sp³-hybridized carbons (Fsp3) is 0.429. The molecule has 34 heavy (non-hydrogen) atoms. The molecule has 2 aromatic carbocycles. The second-order valence-corrected chi connectivity index (χ2v) is 10.0. The first-order chi connectivity index (χ1) is 16.5. The van der Waals surface area contributed by atoms with Crippen LogP contribution in [0.15, 0.2) is 71.7 Å². The van der Waals surface area contributed by atoms with Crippen molar-refractivity contribution in [2.24, 2.45) is 16.6 Å². The van der Waals surface area contributed by atoms with Crippen LogP contribution in [0.25, 0.3) is 10.9 Å². The number of nitrogens with two attached hydrogens (primary N) is 1. The Kier molecular flexibility index (Phi) is 6.42. The molecular weight excluding hydrogens is 422 g/mol. The summed E-state index contributed by atoms with van der Waals surface area (Å²) in [4.78, 5) is 11.4. The molecule has 2 heterocycles. The highest BCUT2D eigenvalue weighted by atomic mass is 16.3. The lowest BCUT2D eigenvalue weighted by atomic mass is 9.75. The summed E-state index contributed by atoms with van der Waals surface area (Å²) in [6.45, 7) is 0. The zero-order valence-corrected chi connectivity index (χ0v) is 19.9. The van der Waals surface area contributed by atoms with Crippen LogP contribution in [-0.2, 0) is 6.42 Å². The third kappa shape index (κ3) is 4.73. The average Bonchev–Trinajstić information content (AvgIpc) is 3.07. The third-order valence-corrected chi connectivity index (χ3v) is 7.61. The van der Waals surface area contributed by atoms with Crippen molar-refractivity contribution in [2.45, 2.75) is 62.8 Å². The Labute approximate surface area is 201 Å².